The van der Waals surface area contributed by atoms with E-state index in [-0.39, 0.29) is 0 Å². The Hall–Kier alpha value is -0.160. The number of hydrogen-bond acceptors (Lipinski definition) is 4. The molecule has 1 aromatic heterocycles. The first-order valence-electron chi connectivity index (χ1n) is 7.58. The monoisotopic (exact) mass is 301 g/mol. The van der Waals surface area contributed by atoms with Crippen molar-refractivity contribution in [1.29, 1.82) is 0 Å². The van der Waals surface area contributed by atoms with E-state index in [0.717, 1.165) is 5.16 Å². The minimum Gasteiger partial charge on any atom is -0.265 e. The first-order valence-corrected chi connectivity index (χ1v) is 9.90. The van der Waals surface area contributed by atoms with Gasteiger partial charge in [0, 0.05) is 5.75 Å². The van der Waals surface area contributed by atoms with Gasteiger partial charge in [0.25, 0.3) is 0 Å². The van der Waals surface area contributed by atoms with Crippen LogP contribution in [0.5, 0.6) is 0 Å². The maximum absolute atomic E-state index is 4.08. The van der Waals surface area contributed by atoms with Crippen LogP contribution in [0.3, 0.4) is 0 Å². The maximum atomic E-state index is 4.08. The Bertz CT molecular complexity index is 278. The molecule has 0 aliphatic heterocycles. The van der Waals surface area contributed by atoms with Crippen LogP contribution >= 0.6 is 21.6 Å². The van der Waals surface area contributed by atoms with E-state index in [4.69, 9.17) is 0 Å². The van der Waals surface area contributed by atoms with Crippen molar-refractivity contribution in [2.24, 2.45) is 0 Å². The largest absolute Gasteiger partial charge is 0.265 e. The zero-order valence-electron chi connectivity index (χ0n) is 12.1. The molecular formula is C14H27N3S2. The fourth-order valence-corrected chi connectivity index (χ4v) is 3.84. The molecule has 0 bridgehead atoms. The molecule has 0 saturated carbocycles. The summed E-state index contributed by atoms with van der Waals surface area (Å²) in [6, 6.07) is 0. The standard InChI is InChI=1S/C14H27N3S2/c1-2-3-4-5-6-7-8-9-10-11-12-18-19-14-15-13-16-17-14/h13H,2-12H2,1H3,(H,15,16,17). The van der Waals surface area contributed by atoms with Gasteiger partial charge in [0.15, 0.2) is 0 Å². The molecule has 0 amide bonds. The Balaban J connectivity index is 1.72. The van der Waals surface area contributed by atoms with Gasteiger partial charge in [-0.1, -0.05) is 75.5 Å². The molecule has 0 aromatic carbocycles. The summed E-state index contributed by atoms with van der Waals surface area (Å²) in [5, 5.41) is 7.58. The molecular weight excluding hydrogens is 274 g/mol. The Kier molecular flexibility index (Phi) is 11.4. The number of nitrogens with one attached hydrogen (secondary N) is 1. The summed E-state index contributed by atoms with van der Waals surface area (Å²) in [6.45, 7) is 2.28. The molecule has 0 atom stereocenters. The van der Waals surface area contributed by atoms with E-state index >= 15 is 0 Å². The lowest BCUT2D eigenvalue weighted by Gasteiger charge is -2.01. The summed E-state index contributed by atoms with van der Waals surface area (Å²) in [6.07, 6.45) is 15.7. The molecule has 1 aromatic rings. The highest BCUT2D eigenvalue weighted by Gasteiger charge is 1.98. The third-order valence-electron chi connectivity index (χ3n) is 3.11. The minimum absolute atomic E-state index is 0.845. The number of nitrogens with zero attached hydrogens (tertiary/aromatic N) is 2. The van der Waals surface area contributed by atoms with Gasteiger partial charge in [-0.15, -0.1) is 5.10 Å². The van der Waals surface area contributed by atoms with Crippen molar-refractivity contribution in [2.45, 2.75) is 76.3 Å². The molecule has 3 nitrogen and oxygen atoms in total. The van der Waals surface area contributed by atoms with Gasteiger partial charge >= 0.3 is 0 Å². The second kappa shape index (κ2) is 12.9. The van der Waals surface area contributed by atoms with Crippen LogP contribution in [0.2, 0.25) is 0 Å². The number of H-pyrrole nitrogens is 1. The maximum Gasteiger partial charge on any atom is 0.218 e. The smallest absolute Gasteiger partial charge is 0.218 e. The lowest BCUT2D eigenvalue weighted by Crippen LogP contribution is -1.83. The van der Waals surface area contributed by atoms with Crippen molar-refractivity contribution in [3.8, 4) is 0 Å². The molecule has 0 fully saturated rings. The van der Waals surface area contributed by atoms with Gasteiger partial charge in [-0.25, -0.2) is 4.98 Å². The first kappa shape index (κ1) is 16.9. The highest BCUT2D eigenvalue weighted by Crippen LogP contribution is 2.28. The summed E-state index contributed by atoms with van der Waals surface area (Å²) in [4.78, 5) is 4.08. The van der Waals surface area contributed by atoms with E-state index in [2.05, 4.69) is 22.1 Å². The predicted octanol–water partition coefficient (Wildman–Crippen LogP) is 5.47. The SMILES string of the molecule is CCCCCCCCCCCCSSc1nc[nH]n1. The lowest BCUT2D eigenvalue weighted by atomic mass is 10.1. The predicted molar refractivity (Wildman–Crippen MR) is 86.5 cm³/mol. The van der Waals surface area contributed by atoms with Crippen molar-refractivity contribution in [3.05, 3.63) is 6.33 Å². The van der Waals surface area contributed by atoms with Gasteiger partial charge in [0.2, 0.25) is 5.16 Å². The number of aromatic nitrogens is 3. The van der Waals surface area contributed by atoms with E-state index in [1.165, 1.54) is 70.0 Å². The molecule has 0 spiro atoms. The third-order valence-corrected chi connectivity index (χ3v) is 5.33. The third kappa shape index (κ3) is 10.3. The molecule has 110 valence electrons. The highest BCUT2D eigenvalue weighted by molar-refractivity contribution is 8.76. The van der Waals surface area contributed by atoms with Gasteiger partial charge in [-0.05, 0) is 17.2 Å². The summed E-state index contributed by atoms with van der Waals surface area (Å²) in [7, 11) is 3.53. The fourth-order valence-electron chi connectivity index (χ4n) is 1.98. The van der Waals surface area contributed by atoms with E-state index in [1.54, 1.807) is 17.1 Å². The van der Waals surface area contributed by atoms with Crippen molar-refractivity contribution in [3.63, 3.8) is 0 Å². The van der Waals surface area contributed by atoms with Crippen molar-refractivity contribution >= 4 is 21.6 Å². The van der Waals surface area contributed by atoms with Crippen LogP contribution in [0.15, 0.2) is 11.5 Å². The van der Waals surface area contributed by atoms with Crippen molar-refractivity contribution in [1.82, 2.24) is 15.2 Å². The van der Waals surface area contributed by atoms with Crippen LogP contribution < -0.4 is 0 Å². The average Bonchev–Trinajstić information content (AvgIpc) is 2.93. The van der Waals surface area contributed by atoms with E-state index < -0.39 is 0 Å². The van der Waals surface area contributed by atoms with Crippen LogP contribution in [0.4, 0.5) is 0 Å². The van der Waals surface area contributed by atoms with Crippen LogP contribution in [0.1, 0.15) is 71.1 Å². The molecule has 0 unspecified atom stereocenters. The van der Waals surface area contributed by atoms with Gasteiger partial charge in [-0.2, -0.15) is 0 Å². The molecule has 0 aliphatic carbocycles. The van der Waals surface area contributed by atoms with E-state index in [0.29, 0.717) is 0 Å². The molecule has 19 heavy (non-hydrogen) atoms. The summed E-state index contributed by atoms with van der Waals surface area (Å²) in [5.41, 5.74) is 0. The Morgan fingerprint density at radius 3 is 2.16 bits per heavy atom. The van der Waals surface area contributed by atoms with Gasteiger partial charge in [0.05, 0.1) is 0 Å². The van der Waals surface area contributed by atoms with Crippen molar-refractivity contribution < 1.29 is 0 Å². The number of aromatic amines is 1. The second-order valence-electron chi connectivity index (χ2n) is 4.87. The van der Waals surface area contributed by atoms with Gasteiger partial charge in [-0.3, -0.25) is 5.10 Å². The molecule has 1 rings (SSSR count). The molecule has 1 N–H and O–H groups in total. The van der Waals surface area contributed by atoms with Crippen molar-refractivity contribution in [2.75, 3.05) is 5.75 Å². The molecule has 0 aliphatic rings. The summed E-state index contributed by atoms with van der Waals surface area (Å²) >= 11 is 0. The number of hydrogen-bond donors (Lipinski definition) is 1. The van der Waals surface area contributed by atoms with Crippen LogP contribution in [0, 0.1) is 0 Å². The number of unbranched alkanes of at least 4 members (excludes halogenated alkanes) is 9. The Labute approximate surface area is 125 Å². The highest BCUT2D eigenvalue weighted by atomic mass is 33.1. The van der Waals surface area contributed by atoms with Gasteiger partial charge < -0.3 is 0 Å². The van der Waals surface area contributed by atoms with Crippen LogP contribution in [-0.2, 0) is 0 Å². The van der Waals surface area contributed by atoms with Gasteiger partial charge in [0.1, 0.15) is 6.33 Å². The number of rotatable bonds is 13. The zero-order valence-corrected chi connectivity index (χ0v) is 13.7. The molecule has 1 heterocycles. The molecule has 5 heteroatoms. The Morgan fingerprint density at radius 2 is 1.58 bits per heavy atom. The minimum atomic E-state index is 0.845. The van der Waals surface area contributed by atoms with Crippen LogP contribution in [0.25, 0.3) is 0 Å². The van der Waals surface area contributed by atoms with E-state index in [9.17, 15) is 0 Å². The Morgan fingerprint density at radius 1 is 0.947 bits per heavy atom. The molecule has 0 radical (unpaired) electrons. The summed E-state index contributed by atoms with van der Waals surface area (Å²) < 4.78 is 0. The van der Waals surface area contributed by atoms with Crippen LogP contribution in [-0.4, -0.2) is 20.9 Å². The normalized spacial score (nSPS) is 11.0. The zero-order chi connectivity index (χ0) is 13.6. The first-order chi connectivity index (χ1) is 9.43. The lowest BCUT2D eigenvalue weighted by molar-refractivity contribution is 0.563. The average molecular weight is 302 g/mol. The topological polar surface area (TPSA) is 41.6 Å². The quantitative estimate of drug-likeness (QED) is 0.387. The molecule has 0 saturated heterocycles. The fraction of sp³-hybridized carbons (Fsp3) is 0.857. The summed E-state index contributed by atoms with van der Waals surface area (Å²) in [5.74, 6) is 1.20. The van der Waals surface area contributed by atoms with E-state index in [1.807, 2.05) is 10.8 Å². The second-order valence-corrected chi connectivity index (χ2v) is 7.25.